The maximum Gasteiger partial charge on any atom is 0.249 e. The van der Waals surface area contributed by atoms with Crippen molar-refractivity contribution in [3.05, 3.63) is 53.9 Å². The molecule has 1 aromatic heterocycles. The molecule has 5 heteroatoms. The number of ether oxygens (including phenoxy) is 1. The molecule has 3 rings (SSSR count). The van der Waals surface area contributed by atoms with Crippen LogP contribution in [0.25, 0.3) is 0 Å². The first-order chi connectivity index (χ1) is 11.2. The van der Waals surface area contributed by atoms with Crippen LogP contribution in [0.5, 0.6) is 0 Å². The summed E-state index contributed by atoms with van der Waals surface area (Å²) >= 11 is 0. The van der Waals surface area contributed by atoms with Crippen LogP contribution in [0.4, 0.5) is 0 Å². The van der Waals surface area contributed by atoms with Crippen LogP contribution in [0, 0.1) is 5.92 Å². The molecule has 1 unspecified atom stereocenters. The Morgan fingerprint density at radius 3 is 2.87 bits per heavy atom. The molecular weight excluding hydrogens is 290 g/mol. The van der Waals surface area contributed by atoms with Gasteiger partial charge in [-0.25, -0.2) is 0 Å². The van der Waals surface area contributed by atoms with Crippen molar-refractivity contribution in [3.63, 3.8) is 0 Å². The molecular formula is C18H23N3O2. The number of carbonyl (C=O) groups excluding carboxylic acids is 1. The highest BCUT2D eigenvalue weighted by atomic mass is 16.5. The van der Waals surface area contributed by atoms with Crippen LogP contribution < -0.4 is 5.32 Å². The Bertz CT molecular complexity index is 635. The van der Waals surface area contributed by atoms with Gasteiger partial charge < -0.3 is 10.1 Å². The second-order valence-corrected chi connectivity index (χ2v) is 6.17. The van der Waals surface area contributed by atoms with E-state index in [1.807, 2.05) is 29.1 Å². The zero-order valence-electron chi connectivity index (χ0n) is 13.4. The summed E-state index contributed by atoms with van der Waals surface area (Å²) in [5, 5.41) is 7.24. The monoisotopic (exact) mass is 313 g/mol. The Hall–Kier alpha value is -2.14. The second kappa shape index (κ2) is 7.42. The number of nitrogens with zero attached hydrogens (tertiary/aromatic N) is 2. The Balaban J connectivity index is 1.44. The Labute approximate surface area is 136 Å². The van der Waals surface area contributed by atoms with E-state index in [0.717, 1.165) is 12.1 Å². The van der Waals surface area contributed by atoms with Gasteiger partial charge in [0.05, 0.1) is 19.3 Å². The predicted molar refractivity (Wildman–Crippen MR) is 87.8 cm³/mol. The number of rotatable bonds is 8. The zero-order valence-corrected chi connectivity index (χ0v) is 13.4. The van der Waals surface area contributed by atoms with Gasteiger partial charge in [-0.15, -0.1) is 0 Å². The van der Waals surface area contributed by atoms with E-state index < -0.39 is 6.10 Å². The van der Waals surface area contributed by atoms with Crippen molar-refractivity contribution in [2.24, 2.45) is 5.92 Å². The Morgan fingerprint density at radius 1 is 1.35 bits per heavy atom. The van der Waals surface area contributed by atoms with Gasteiger partial charge in [0.15, 0.2) is 0 Å². The molecule has 1 heterocycles. The summed E-state index contributed by atoms with van der Waals surface area (Å²) in [6, 6.07) is 10.2. The molecule has 0 spiro atoms. The van der Waals surface area contributed by atoms with Gasteiger partial charge in [-0.05, 0) is 31.2 Å². The fourth-order valence-electron chi connectivity index (χ4n) is 2.33. The van der Waals surface area contributed by atoms with E-state index in [1.165, 1.54) is 18.4 Å². The van der Waals surface area contributed by atoms with Crippen molar-refractivity contribution in [2.45, 2.75) is 39.0 Å². The summed E-state index contributed by atoms with van der Waals surface area (Å²) in [5.74, 6) is 0.600. The average molecular weight is 313 g/mol. The third-order valence-electron chi connectivity index (χ3n) is 3.99. The van der Waals surface area contributed by atoms with Crippen LogP contribution in [-0.2, 0) is 22.6 Å². The number of hydrogen-bond donors (Lipinski definition) is 1. The molecule has 1 aliphatic rings. The Kier molecular flexibility index (Phi) is 5.08. The van der Waals surface area contributed by atoms with Gasteiger partial charge in [-0.3, -0.25) is 9.48 Å². The summed E-state index contributed by atoms with van der Waals surface area (Å²) in [6.07, 6.45) is 5.82. The molecule has 5 nitrogen and oxygen atoms in total. The minimum absolute atomic E-state index is 0.0681. The van der Waals surface area contributed by atoms with Crippen molar-refractivity contribution in [3.8, 4) is 0 Å². The molecule has 122 valence electrons. The number of carbonyl (C=O) groups is 1. The summed E-state index contributed by atoms with van der Waals surface area (Å²) in [7, 11) is 0. The number of nitrogens with one attached hydrogen (secondary N) is 1. The SMILES string of the molecule is CC(OCC1CC1)C(=O)NCc1cnn(Cc2ccccc2)c1. The number of benzene rings is 1. The van der Waals surface area contributed by atoms with Crippen molar-refractivity contribution in [1.29, 1.82) is 0 Å². The molecule has 1 atom stereocenters. The predicted octanol–water partition coefficient (Wildman–Crippen LogP) is 2.36. The van der Waals surface area contributed by atoms with Gasteiger partial charge in [-0.1, -0.05) is 30.3 Å². The normalized spacial score (nSPS) is 15.3. The largest absolute Gasteiger partial charge is 0.368 e. The van der Waals surface area contributed by atoms with Crippen LogP contribution in [0.2, 0.25) is 0 Å². The topological polar surface area (TPSA) is 56.1 Å². The van der Waals surface area contributed by atoms with Crippen molar-refractivity contribution < 1.29 is 9.53 Å². The minimum atomic E-state index is -0.394. The van der Waals surface area contributed by atoms with E-state index in [0.29, 0.717) is 19.1 Å². The quantitative estimate of drug-likeness (QED) is 0.814. The van der Waals surface area contributed by atoms with E-state index in [4.69, 9.17) is 4.74 Å². The highest BCUT2D eigenvalue weighted by molar-refractivity contribution is 5.80. The third kappa shape index (κ3) is 4.93. The van der Waals surface area contributed by atoms with E-state index in [2.05, 4.69) is 22.5 Å². The van der Waals surface area contributed by atoms with Crippen LogP contribution in [0.3, 0.4) is 0 Å². The maximum absolute atomic E-state index is 12.0. The van der Waals surface area contributed by atoms with Crippen molar-refractivity contribution >= 4 is 5.91 Å². The van der Waals surface area contributed by atoms with Crippen LogP contribution in [0.1, 0.15) is 30.9 Å². The number of aromatic nitrogens is 2. The lowest BCUT2D eigenvalue weighted by molar-refractivity contribution is -0.132. The van der Waals surface area contributed by atoms with Gasteiger partial charge in [-0.2, -0.15) is 5.10 Å². The second-order valence-electron chi connectivity index (χ2n) is 6.17. The fourth-order valence-corrected chi connectivity index (χ4v) is 2.33. The standard InChI is InChI=1S/C18H23N3O2/c1-14(23-13-16-7-8-16)18(22)19-9-17-10-20-21(12-17)11-15-5-3-2-4-6-15/h2-6,10,12,14,16H,7-9,11,13H2,1H3,(H,19,22). The van der Waals surface area contributed by atoms with Gasteiger partial charge in [0.2, 0.25) is 5.91 Å². The Morgan fingerprint density at radius 2 is 2.13 bits per heavy atom. The summed E-state index contributed by atoms with van der Waals surface area (Å²) in [4.78, 5) is 12.0. The zero-order chi connectivity index (χ0) is 16.1. The summed E-state index contributed by atoms with van der Waals surface area (Å²) in [6.45, 7) is 3.71. The van der Waals surface area contributed by atoms with E-state index in [9.17, 15) is 4.79 Å². The first-order valence-corrected chi connectivity index (χ1v) is 8.15. The molecule has 1 amide bonds. The fraction of sp³-hybridized carbons (Fsp3) is 0.444. The van der Waals surface area contributed by atoms with E-state index >= 15 is 0 Å². The molecule has 0 radical (unpaired) electrons. The molecule has 23 heavy (non-hydrogen) atoms. The first kappa shape index (κ1) is 15.7. The third-order valence-corrected chi connectivity index (χ3v) is 3.99. The lowest BCUT2D eigenvalue weighted by atomic mass is 10.2. The highest BCUT2D eigenvalue weighted by Gasteiger charge is 2.23. The first-order valence-electron chi connectivity index (χ1n) is 8.15. The average Bonchev–Trinajstić information content (AvgIpc) is 3.30. The summed E-state index contributed by atoms with van der Waals surface area (Å²) in [5.41, 5.74) is 2.19. The molecule has 1 saturated carbocycles. The number of amides is 1. The van der Waals surface area contributed by atoms with Crippen LogP contribution in [0.15, 0.2) is 42.7 Å². The molecule has 0 aliphatic heterocycles. The molecule has 0 bridgehead atoms. The lowest BCUT2D eigenvalue weighted by Crippen LogP contribution is -2.34. The van der Waals surface area contributed by atoms with Gasteiger partial charge in [0.25, 0.3) is 0 Å². The smallest absolute Gasteiger partial charge is 0.249 e. The van der Waals surface area contributed by atoms with Crippen molar-refractivity contribution in [1.82, 2.24) is 15.1 Å². The number of hydrogen-bond acceptors (Lipinski definition) is 3. The lowest BCUT2D eigenvalue weighted by Gasteiger charge is -2.12. The molecule has 1 fully saturated rings. The minimum Gasteiger partial charge on any atom is -0.368 e. The van der Waals surface area contributed by atoms with Gasteiger partial charge in [0.1, 0.15) is 6.10 Å². The van der Waals surface area contributed by atoms with E-state index in [-0.39, 0.29) is 5.91 Å². The molecule has 1 aliphatic carbocycles. The molecule has 1 N–H and O–H groups in total. The summed E-state index contributed by atoms with van der Waals surface area (Å²) < 4.78 is 7.45. The molecule has 1 aromatic carbocycles. The van der Waals surface area contributed by atoms with Crippen LogP contribution >= 0.6 is 0 Å². The van der Waals surface area contributed by atoms with E-state index in [1.54, 1.807) is 13.1 Å². The molecule has 2 aromatic rings. The van der Waals surface area contributed by atoms with Crippen LogP contribution in [-0.4, -0.2) is 28.4 Å². The highest BCUT2D eigenvalue weighted by Crippen LogP contribution is 2.29. The maximum atomic E-state index is 12.0. The van der Waals surface area contributed by atoms with Crippen molar-refractivity contribution in [2.75, 3.05) is 6.61 Å². The van der Waals surface area contributed by atoms with Gasteiger partial charge in [0, 0.05) is 18.3 Å². The molecule has 0 saturated heterocycles. The van der Waals surface area contributed by atoms with Gasteiger partial charge >= 0.3 is 0 Å².